The second-order valence-corrected chi connectivity index (χ2v) is 6.16. The van der Waals surface area contributed by atoms with Gasteiger partial charge in [0.2, 0.25) is 5.91 Å². The van der Waals surface area contributed by atoms with Gasteiger partial charge in [0.1, 0.15) is 0 Å². The fourth-order valence-corrected chi connectivity index (χ4v) is 2.78. The summed E-state index contributed by atoms with van der Waals surface area (Å²) in [6.45, 7) is 5.02. The van der Waals surface area contributed by atoms with Gasteiger partial charge in [0.15, 0.2) is 0 Å². The monoisotopic (exact) mass is 354 g/mol. The van der Waals surface area contributed by atoms with Crippen LogP contribution in [0.4, 0.5) is 0 Å². The molecule has 0 saturated carbocycles. The first-order valence-electron chi connectivity index (χ1n) is 6.92. The average molecular weight is 355 g/mol. The van der Waals surface area contributed by atoms with Crippen molar-refractivity contribution in [1.82, 2.24) is 10.2 Å². The van der Waals surface area contributed by atoms with Crippen LogP contribution in [0.5, 0.6) is 0 Å². The van der Waals surface area contributed by atoms with Gasteiger partial charge in [-0.2, -0.15) is 0 Å². The summed E-state index contributed by atoms with van der Waals surface area (Å²) in [6, 6.07) is 7.06. The lowest BCUT2D eigenvalue weighted by Crippen LogP contribution is -2.51. The van der Waals surface area contributed by atoms with Crippen LogP contribution in [0.2, 0.25) is 0 Å². The van der Waals surface area contributed by atoms with Crippen LogP contribution in [0, 0.1) is 0 Å². The van der Waals surface area contributed by atoms with Crippen molar-refractivity contribution in [3.63, 3.8) is 0 Å². The van der Waals surface area contributed by atoms with Crippen LogP contribution in [0.15, 0.2) is 28.7 Å². The van der Waals surface area contributed by atoms with Crippen LogP contribution in [0.25, 0.3) is 0 Å². The molecule has 114 valence electrons. The van der Waals surface area contributed by atoms with Crippen molar-refractivity contribution in [2.24, 2.45) is 0 Å². The van der Waals surface area contributed by atoms with Crippen molar-refractivity contribution >= 4 is 27.7 Å². The first kappa shape index (κ1) is 16.0. The van der Waals surface area contributed by atoms with E-state index >= 15 is 0 Å². The standard InChI is InChI=1S/C15H19BrN2O3/c1-10-8-18(9-11(2)21-10)14(19)7-17-15(20)12-4-3-5-13(16)6-12/h3-6,10-11H,7-9H2,1-2H3,(H,17,20). The van der Waals surface area contributed by atoms with Crippen molar-refractivity contribution in [1.29, 1.82) is 0 Å². The van der Waals surface area contributed by atoms with Crippen molar-refractivity contribution in [3.05, 3.63) is 34.3 Å². The predicted octanol–water partition coefficient (Wildman–Crippen LogP) is 1.81. The Balaban J connectivity index is 1.87. The number of halogens is 1. The minimum Gasteiger partial charge on any atom is -0.372 e. The van der Waals surface area contributed by atoms with Gasteiger partial charge >= 0.3 is 0 Å². The fraction of sp³-hybridized carbons (Fsp3) is 0.467. The van der Waals surface area contributed by atoms with Crippen LogP contribution >= 0.6 is 15.9 Å². The summed E-state index contributed by atoms with van der Waals surface area (Å²) >= 11 is 3.32. The number of amides is 2. The Bertz CT molecular complexity index is 525. The number of ether oxygens (including phenoxy) is 1. The molecule has 2 rings (SSSR count). The zero-order chi connectivity index (χ0) is 15.4. The van der Waals surface area contributed by atoms with Gasteiger partial charge in [-0.25, -0.2) is 0 Å². The number of hydrogen-bond acceptors (Lipinski definition) is 3. The second kappa shape index (κ2) is 7.04. The third-order valence-electron chi connectivity index (χ3n) is 3.26. The molecule has 5 nitrogen and oxygen atoms in total. The molecule has 0 radical (unpaired) electrons. The third-order valence-corrected chi connectivity index (χ3v) is 3.75. The maximum Gasteiger partial charge on any atom is 0.251 e. The lowest BCUT2D eigenvalue weighted by atomic mass is 10.2. The molecular formula is C15H19BrN2O3. The van der Waals surface area contributed by atoms with E-state index in [-0.39, 0.29) is 30.6 Å². The zero-order valence-corrected chi connectivity index (χ0v) is 13.7. The van der Waals surface area contributed by atoms with E-state index in [4.69, 9.17) is 4.74 Å². The number of benzene rings is 1. The predicted molar refractivity (Wildman–Crippen MR) is 83.1 cm³/mol. The van der Waals surface area contributed by atoms with Gasteiger partial charge in [0.05, 0.1) is 18.8 Å². The van der Waals surface area contributed by atoms with Crippen molar-refractivity contribution in [3.8, 4) is 0 Å². The Kier molecular flexibility index (Phi) is 5.36. The van der Waals surface area contributed by atoms with E-state index in [1.807, 2.05) is 19.9 Å². The molecule has 0 spiro atoms. The molecule has 1 heterocycles. The highest BCUT2D eigenvalue weighted by Gasteiger charge is 2.25. The maximum atomic E-state index is 12.1. The van der Waals surface area contributed by atoms with Crippen molar-refractivity contribution in [2.45, 2.75) is 26.1 Å². The number of nitrogens with one attached hydrogen (secondary N) is 1. The smallest absolute Gasteiger partial charge is 0.251 e. The minimum atomic E-state index is -0.251. The molecule has 21 heavy (non-hydrogen) atoms. The number of carbonyl (C=O) groups excluding carboxylic acids is 2. The van der Waals surface area contributed by atoms with Gasteiger partial charge in [0, 0.05) is 23.1 Å². The summed E-state index contributed by atoms with van der Waals surface area (Å²) in [5.41, 5.74) is 0.529. The van der Waals surface area contributed by atoms with Crippen LogP contribution in [-0.2, 0) is 9.53 Å². The van der Waals surface area contributed by atoms with Gasteiger partial charge in [-0.1, -0.05) is 22.0 Å². The lowest BCUT2D eigenvalue weighted by Gasteiger charge is -2.35. The molecule has 0 aromatic heterocycles. The average Bonchev–Trinajstić information content (AvgIpc) is 2.43. The molecule has 1 aliphatic rings. The SMILES string of the molecule is CC1CN(C(=O)CNC(=O)c2cccc(Br)c2)CC(C)O1. The summed E-state index contributed by atoms with van der Waals surface area (Å²) in [5, 5.41) is 2.66. The topological polar surface area (TPSA) is 58.6 Å². The first-order valence-corrected chi connectivity index (χ1v) is 7.72. The van der Waals surface area contributed by atoms with Gasteiger partial charge in [-0.05, 0) is 32.0 Å². The first-order chi connectivity index (χ1) is 9.95. The third kappa shape index (κ3) is 4.54. The molecule has 1 aromatic carbocycles. The highest BCUT2D eigenvalue weighted by molar-refractivity contribution is 9.10. The van der Waals surface area contributed by atoms with Gasteiger partial charge in [-0.15, -0.1) is 0 Å². The van der Waals surface area contributed by atoms with Gasteiger partial charge in [-0.3, -0.25) is 9.59 Å². The molecule has 1 saturated heterocycles. The van der Waals surface area contributed by atoms with E-state index in [9.17, 15) is 9.59 Å². The number of morpholine rings is 1. The van der Waals surface area contributed by atoms with E-state index < -0.39 is 0 Å². The number of carbonyl (C=O) groups is 2. The molecule has 0 bridgehead atoms. The Morgan fingerprint density at radius 1 is 1.33 bits per heavy atom. The Morgan fingerprint density at radius 3 is 2.62 bits per heavy atom. The molecule has 2 unspecified atom stereocenters. The van der Waals surface area contributed by atoms with E-state index in [2.05, 4.69) is 21.2 Å². The van der Waals surface area contributed by atoms with Gasteiger partial charge in [0.25, 0.3) is 5.91 Å². The van der Waals surface area contributed by atoms with Crippen LogP contribution in [0.3, 0.4) is 0 Å². The van der Waals surface area contributed by atoms with Crippen LogP contribution in [-0.4, -0.2) is 48.6 Å². The molecule has 2 atom stereocenters. The van der Waals surface area contributed by atoms with E-state index in [1.165, 1.54) is 0 Å². The summed E-state index contributed by atoms with van der Waals surface area (Å²) < 4.78 is 6.42. The molecule has 1 aromatic rings. The number of nitrogens with zero attached hydrogens (tertiary/aromatic N) is 1. The fourth-order valence-electron chi connectivity index (χ4n) is 2.38. The molecule has 1 aliphatic heterocycles. The normalized spacial score (nSPS) is 22.0. The second-order valence-electron chi connectivity index (χ2n) is 5.25. The molecule has 1 fully saturated rings. The summed E-state index contributed by atoms with van der Waals surface area (Å²) in [4.78, 5) is 25.9. The van der Waals surface area contributed by atoms with E-state index in [0.717, 1.165) is 4.47 Å². The molecule has 1 N–H and O–H groups in total. The maximum absolute atomic E-state index is 12.1. The van der Waals surface area contributed by atoms with E-state index in [1.54, 1.807) is 23.1 Å². The highest BCUT2D eigenvalue weighted by atomic mass is 79.9. The summed E-state index contributed by atoms with van der Waals surface area (Å²) in [5.74, 6) is -0.334. The van der Waals surface area contributed by atoms with Crippen molar-refractivity contribution < 1.29 is 14.3 Å². The lowest BCUT2D eigenvalue weighted by molar-refractivity contribution is -0.142. The summed E-state index contributed by atoms with van der Waals surface area (Å²) in [6.07, 6.45) is 0.0527. The van der Waals surface area contributed by atoms with Crippen molar-refractivity contribution in [2.75, 3.05) is 19.6 Å². The molecule has 6 heteroatoms. The molecular weight excluding hydrogens is 336 g/mol. The van der Waals surface area contributed by atoms with E-state index in [0.29, 0.717) is 18.7 Å². The number of rotatable bonds is 3. The summed E-state index contributed by atoms with van der Waals surface area (Å²) in [7, 11) is 0. The highest BCUT2D eigenvalue weighted by Crippen LogP contribution is 2.12. The molecule has 2 amide bonds. The zero-order valence-electron chi connectivity index (χ0n) is 12.1. The molecule has 0 aliphatic carbocycles. The van der Waals surface area contributed by atoms with Crippen LogP contribution < -0.4 is 5.32 Å². The Morgan fingerprint density at radius 2 is 2.00 bits per heavy atom. The Labute approximate surface area is 132 Å². The number of hydrogen-bond donors (Lipinski definition) is 1. The largest absolute Gasteiger partial charge is 0.372 e. The minimum absolute atomic E-state index is 0.00475. The van der Waals surface area contributed by atoms with Gasteiger partial charge < -0.3 is 15.0 Å². The quantitative estimate of drug-likeness (QED) is 0.900. The Hall–Kier alpha value is -1.40. The van der Waals surface area contributed by atoms with Crippen LogP contribution in [0.1, 0.15) is 24.2 Å².